The predicted molar refractivity (Wildman–Crippen MR) is 141 cm³/mol. The highest BCUT2D eigenvalue weighted by Crippen LogP contribution is 2.42. The molecule has 0 bridgehead atoms. The normalized spacial score (nSPS) is 20.8. The summed E-state index contributed by atoms with van der Waals surface area (Å²) >= 11 is 5.79. The van der Waals surface area contributed by atoms with Crippen LogP contribution in [-0.4, -0.2) is 51.9 Å². The van der Waals surface area contributed by atoms with E-state index < -0.39 is 0 Å². The number of nitrogens with one attached hydrogen (secondary N) is 1. The average Bonchev–Trinajstić information content (AvgIpc) is 3.35. The summed E-state index contributed by atoms with van der Waals surface area (Å²) in [4.78, 5) is 9.37. The van der Waals surface area contributed by atoms with E-state index in [9.17, 15) is 0 Å². The SMILES string of the molecule is Cc1cc([C@H]2[C@H](c3ccccn3)NC(=S)N2C(C)C)c(C)n1-c1ccc(N2CCOCC2)cc1. The van der Waals surface area contributed by atoms with E-state index in [2.05, 4.69) is 88.8 Å². The number of benzene rings is 1. The van der Waals surface area contributed by atoms with Gasteiger partial charge in [0, 0.05) is 48.1 Å². The molecule has 0 spiro atoms. The van der Waals surface area contributed by atoms with Gasteiger partial charge < -0.3 is 24.4 Å². The average molecular weight is 476 g/mol. The van der Waals surface area contributed by atoms with E-state index in [1.807, 2.05) is 18.3 Å². The van der Waals surface area contributed by atoms with Crippen molar-refractivity contribution < 1.29 is 4.74 Å². The molecule has 6 nitrogen and oxygen atoms in total. The van der Waals surface area contributed by atoms with Crippen LogP contribution in [0.4, 0.5) is 5.69 Å². The second-order valence-electron chi connectivity index (χ2n) is 9.41. The van der Waals surface area contributed by atoms with Crippen molar-refractivity contribution in [3.63, 3.8) is 0 Å². The van der Waals surface area contributed by atoms with Gasteiger partial charge in [0.1, 0.15) is 0 Å². The summed E-state index contributed by atoms with van der Waals surface area (Å²) in [6.45, 7) is 12.3. The third-order valence-corrected chi connectivity index (χ3v) is 7.29. The van der Waals surface area contributed by atoms with Crippen LogP contribution < -0.4 is 10.2 Å². The molecule has 2 aliphatic heterocycles. The zero-order valence-corrected chi connectivity index (χ0v) is 21.2. The van der Waals surface area contributed by atoms with E-state index in [0.29, 0.717) is 0 Å². The molecule has 2 atom stereocenters. The molecule has 2 aromatic heterocycles. The molecule has 1 aromatic carbocycles. The fourth-order valence-electron chi connectivity index (χ4n) is 5.37. The fraction of sp³-hybridized carbons (Fsp3) is 0.407. The van der Waals surface area contributed by atoms with E-state index in [1.165, 1.54) is 28.3 Å². The Hall–Kier alpha value is -2.90. The largest absolute Gasteiger partial charge is 0.378 e. The molecular formula is C27H33N5OS. The molecular weight excluding hydrogens is 442 g/mol. The van der Waals surface area contributed by atoms with Crippen LogP contribution in [0, 0.1) is 13.8 Å². The number of aromatic nitrogens is 2. The highest BCUT2D eigenvalue weighted by atomic mass is 32.1. The lowest BCUT2D eigenvalue weighted by Crippen LogP contribution is -2.36. The summed E-state index contributed by atoms with van der Waals surface area (Å²) < 4.78 is 7.86. The maximum Gasteiger partial charge on any atom is 0.170 e. The molecule has 34 heavy (non-hydrogen) atoms. The molecule has 2 saturated heterocycles. The Morgan fingerprint density at radius 2 is 1.74 bits per heavy atom. The van der Waals surface area contributed by atoms with Gasteiger partial charge >= 0.3 is 0 Å². The van der Waals surface area contributed by atoms with Gasteiger partial charge in [-0.2, -0.15) is 0 Å². The lowest BCUT2D eigenvalue weighted by atomic mass is 9.96. The molecule has 0 unspecified atom stereocenters. The van der Waals surface area contributed by atoms with Crippen LogP contribution in [-0.2, 0) is 4.74 Å². The van der Waals surface area contributed by atoms with Crippen molar-refractivity contribution in [3.05, 3.63) is 77.4 Å². The summed E-state index contributed by atoms with van der Waals surface area (Å²) in [5.41, 5.74) is 7.18. The Morgan fingerprint density at radius 1 is 1.03 bits per heavy atom. The Kier molecular flexibility index (Phi) is 6.32. The minimum atomic E-state index is 0.00810. The first-order valence-electron chi connectivity index (χ1n) is 12.1. The van der Waals surface area contributed by atoms with Crippen LogP contribution in [0.2, 0.25) is 0 Å². The lowest BCUT2D eigenvalue weighted by Gasteiger charge is -2.31. The van der Waals surface area contributed by atoms with Crippen LogP contribution in [0.15, 0.2) is 54.7 Å². The number of anilines is 1. The number of morpholine rings is 1. The molecule has 2 fully saturated rings. The minimum Gasteiger partial charge on any atom is -0.378 e. The Labute approximate surface area is 207 Å². The molecule has 0 amide bonds. The lowest BCUT2D eigenvalue weighted by molar-refractivity contribution is 0.122. The number of thiocarbonyl (C=S) groups is 1. The zero-order chi connectivity index (χ0) is 23.8. The molecule has 0 radical (unpaired) electrons. The number of aryl methyl sites for hydroxylation is 1. The predicted octanol–water partition coefficient (Wildman–Crippen LogP) is 4.71. The number of nitrogens with zero attached hydrogens (tertiary/aromatic N) is 4. The van der Waals surface area contributed by atoms with Crippen molar-refractivity contribution in [2.24, 2.45) is 0 Å². The minimum absolute atomic E-state index is 0.00810. The quantitative estimate of drug-likeness (QED) is 0.540. The molecule has 1 N–H and O–H groups in total. The van der Waals surface area contributed by atoms with Gasteiger partial charge in [0.2, 0.25) is 0 Å². The first-order chi connectivity index (χ1) is 16.5. The molecule has 7 heteroatoms. The molecule has 2 aliphatic rings. The van der Waals surface area contributed by atoms with Crippen molar-refractivity contribution >= 4 is 23.0 Å². The van der Waals surface area contributed by atoms with Crippen LogP contribution in [0.3, 0.4) is 0 Å². The Bertz CT molecular complexity index is 1150. The smallest absolute Gasteiger partial charge is 0.170 e. The van der Waals surface area contributed by atoms with Gasteiger partial charge in [0.15, 0.2) is 5.11 Å². The van der Waals surface area contributed by atoms with Crippen LogP contribution in [0.1, 0.15) is 48.6 Å². The van der Waals surface area contributed by atoms with Gasteiger partial charge in [-0.05, 0) is 87.9 Å². The monoisotopic (exact) mass is 475 g/mol. The highest BCUT2D eigenvalue weighted by molar-refractivity contribution is 7.80. The van der Waals surface area contributed by atoms with Gasteiger partial charge in [0.05, 0.1) is 31.0 Å². The van der Waals surface area contributed by atoms with Gasteiger partial charge in [-0.15, -0.1) is 0 Å². The third kappa shape index (κ3) is 4.07. The number of pyridine rings is 1. The first-order valence-corrected chi connectivity index (χ1v) is 12.5. The molecule has 3 aromatic rings. The number of rotatable bonds is 5. The van der Waals surface area contributed by atoms with Crippen molar-refractivity contribution in [3.8, 4) is 5.69 Å². The van der Waals surface area contributed by atoms with Gasteiger partial charge in [-0.25, -0.2) is 0 Å². The topological polar surface area (TPSA) is 45.6 Å². The van der Waals surface area contributed by atoms with Crippen molar-refractivity contribution in [1.82, 2.24) is 19.8 Å². The zero-order valence-electron chi connectivity index (χ0n) is 20.4. The summed E-state index contributed by atoms with van der Waals surface area (Å²) in [6, 6.07) is 17.7. The Morgan fingerprint density at radius 3 is 2.38 bits per heavy atom. The second-order valence-corrected chi connectivity index (χ2v) is 9.79. The van der Waals surface area contributed by atoms with Crippen molar-refractivity contribution in [2.75, 3.05) is 31.2 Å². The number of hydrogen-bond acceptors (Lipinski definition) is 4. The van der Waals surface area contributed by atoms with Gasteiger partial charge in [-0.1, -0.05) is 6.07 Å². The number of hydrogen-bond donors (Lipinski definition) is 1. The number of ether oxygens (including phenoxy) is 1. The van der Waals surface area contributed by atoms with E-state index >= 15 is 0 Å². The highest BCUT2D eigenvalue weighted by Gasteiger charge is 2.42. The van der Waals surface area contributed by atoms with E-state index in [1.54, 1.807) is 0 Å². The Balaban J connectivity index is 1.52. The van der Waals surface area contributed by atoms with Crippen molar-refractivity contribution in [2.45, 2.75) is 45.8 Å². The van der Waals surface area contributed by atoms with E-state index in [0.717, 1.165) is 37.1 Å². The maximum absolute atomic E-state index is 5.79. The van der Waals surface area contributed by atoms with Crippen LogP contribution in [0.25, 0.3) is 5.69 Å². The maximum atomic E-state index is 5.79. The van der Waals surface area contributed by atoms with Crippen LogP contribution in [0.5, 0.6) is 0 Å². The fourth-order valence-corrected chi connectivity index (χ4v) is 5.82. The third-order valence-electron chi connectivity index (χ3n) is 6.96. The molecule has 178 valence electrons. The standard InChI is InChI=1S/C27H33N5OS/c1-18(2)31-26(25(29-27(31)34)24-7-5-6-12-28-24)23-17-19(3)32(20(23)4)22-10-8-21(9-11-22)30-13-15-33-16-14-30/h5-12,17-18,25-26H,13-16H2,1-4H3,(H,29,34)/t25-,26-/m0/s1. The van der Waals surface area contributed by atoms with E-state index in [4.69, 9.17) is 17.0 Å². The van der Waals surface area contributed by atoms with Gasteiger partial charge in [-0.3, -0.25) is 4.98 Å². The second kappa shape index (κ2) is 9.39. The van der Waals surface area contributed by atoms with Gasteiger partial charge in [0.25, 0.3) is 0 Å². The van der Waals surface area contributed by atoms with Crippen molar-refractivity contribution in [1.29, 1.82) is 0 Å². The molecule has 5 rings (SSSR count). The van der Waals surface area contributed by atoms with Crippen LogP contribution >= 0.6 is 12.2 Å². The summed E-state index contributed by atoms with van der Waals surface area (Å²) in [5.74, 6) is 0. The van der Waals surface area contributed by atoms with E-state index in [-0.39, 0.29) is 18.1 Å². The molecule has 0 saturated carbocycles. The summed E-state index contributed by atoms with van der Waals surface area (Å²) in [6.07, 6.45) is 1.86. The molecule has 0 aliphatic carbocycles. The summed E-state index contributed by atoms with van der Waals surface area (Å²) in [7, 11) is 0. The summed E-state index contributed by atoms with van der Waals surface area (Å²) in [5, 5.41) is 4.35. The molecule has 4 heterocycles. The first kappa shape index (κ1) is 22.9.